The van der Waals surface area contributed by atoms with Crippen molar-refractivity contribution in [3.8, 4) is 0 Å². The van der Waals surface area contributed by atoms with Gasteiger partial charge in [0.1, 0.15) is 11.0 Å². The van der Waals surface area contributed by atoms with Crippen molar-refractivity contribution in [1.29, 1.82) is 0 Å². The molecular weight excluding hydrogens is 236 g/mol. The largest absolute Gasteiger partial charge is 0.381 e. The van der Waals surface area contributed by atoms with Gasteiger partial charge >= 0.3 is 0 Å². The van der Waals surface area contributed by atoms with Crippen LogP contribution in [-0.4, -0.2) is 23.2 Å². The lowest BCUT2D eigenvalue weighted by Gasteiger charge is -2.10. The third-order valence-electron chi connectivity index (χ3n) is 3.21. The average Bonchev–Trinajstić information content (AvgIpc) is 2.82. The molecule has 0 radical (unpaired) electrons. The molecule has 1 aromatic heterocycles. The van der Waals surface area contributed by atoms with E-state index in [4.69, 9.17) is 16.3 Å². The Morgan fingerprint density at radius 3 is 2.82 bits per heavy atom. The summed E-state index contributed by atoms with van der Waals surface area (Å²) in [6.07, 6.45) is 5.83. The molecule has 0 bridgehead atoms. The van der Waals surface area contributed by atoms with Crippen LogP contribution in [0.5, 0.6) is 0 Å². The molecule has 0 amide bonds. The number of hydrogen-bond acceptors (Lipinski definition) is 3. The van der Waals surface area contributed by atoms with Gasteiger partial charge in [0.25, 0.3) is 0 Å². The van der Waals surface area contributed by atoms with Crippen molar-refractivity contribution in [2.75, 3.05) is 13.2 Å². The number of halogens is 1. The maximum Gasteiger partial charge on any atom is 0.133 e. The highest BCUT2D eigenvalue weighted by Crippen LogP contribution is 2.33. The summed E-state index contributed by atoms with van der Waals surface area (Å²) >= 11 is 6.05. The van der Waals surface area contributed by atoms with Crippen LogP contribution in [0.2, 0.25) is 5.15 Å². The Balaban J connectivity index is 2.05. The summed E-state index contributed by atoms with van der Waals surface area (Å²) < 4.78 is 5.32. The minimum Gasteiger partial charge on any atom is -0.381 e. The third-order valence-corrected chi connectivity index (χ3v) is 3.40. The average molecular weight is 255 g/mol. The van der Waals surface area contributed by atoms with Crippen LogP contribution in [0.4, 0.5) is 0 Å². The van der Waals surface area contributed by atoms with Gasteiger partial charge in [0.15, 0.2) is 0 Å². The van der Waals surface area contributed by atoms with E-state index in [9.17, 15) is 0 Å². The van der Waals surface area contributed by atoms with Gasteiger partial charge in [-0.05, 0) is 25.8 Å². The lowest BCUT2D eigenvalue weighted by atomic mass is 10.0. The van der Waals surface area contributed by atoms with Gasteiger partial charge in [-0.25, -0.2) is 9.97 Å². The minimum atomic E-state index is 0.563. The predicted octanol–water partition coefficient (Wildman–Crippen LogP) is 3.37. The summed E-state index contributed by atoms with van der Waals surface area (Å²) in [5.41, 5.74) is 1.12. The van der Waals surface area contributed by atoms with Crippen molar-refractivity contribution >= 4 is 11.6 Å². The molecular formula is C13H19ClN2O. The monoisotopic (exact) mass is 254 g/mol. The fourth-order valence-electron chi connectivity index (χ4n) is 2.33. The molecule has 2 rings (SSSR count). The maximum absolute atomic E-state index is 6.05. The van der Waals surface area contributed by atoms with Gasteiger partial charge in [-0.2, -0.15) is 0 Å². The predicted molar refractivity (Wildman–Crippen MR) is 68.4 cm³/mol. The van der Waals surface area contributed by atoms with Crippen LogP contribution in [0, 0.1) is 0 Å². The molecule has 0 N–H and O–H groups in total. The highest BCUT2D eigenvalue weighted by molar-refractivity contribution is 6.29. The summed E-state index contributed by atoms with van der Waals surface area (Å²) in [6, 6.07) is 1.92. The smallest absolute Gasteiger partial charge is 0.133 e. The Morgan fingerprint density at radius 1 is 1.35 bits per heavy atom. The summed E-state index contributed by atoms with van der Waals surface area (Å²) in [7, 11) is 0. The van der Waals surface area contributed by atoms with Crippen molar-refractivity contribution in [1.82, 2.24) is 9.97 Å². The lowest BCUT2D eigenvalue weighted by Crippen LogP contribution is -2.06. The van der Waals surface area contributed by atoms with E-state index >= 15 is 0 Å². The van der Waals surface area contributed by atoms with Crippen molar-refractivity contribution in [3.63, 3.8) is 0 Å². The van der Waals surface area contributed by atoms with Gasteiger partial charge in [-0.3, -0.25) is 0 Å². The van der Waals surface area contributed by atoms with E-state index < -0.39 is 0 Å². The Labute approximate surface area is 108 Å². The number of aromatic nitrogens is 2. The Bertz CT molecular complexity index is 364. The summed E-state index contributed by atoms with van der Waals surface area (Å²) in [5, 5.41) is 0.563. The Hall–Kier alpha value is -0.670. The van der Waals surface area contributed by atoms with Crippen LogP contribution in [0.15, 0.2) is 6.07 Å². The molecule has 0 atom stereocenters. The molecule has 0 aliphatic heterocycles. The first-order valence-electron chi connectivity index (χ1n) is 6.40. The van der Waals surface area contributed by atoms with E-state index in [-0.39, 0.29) is 0 Å². The number of hydrogen-bond donors (Lipinski definition) is 0. The number of nitrogens with zero attached hydrogens (tertiary/aromatic N) is 2. The molecule has 1 saturated carbocycles. The van der Waals surface area contributed by atoms with Crippen molar-refractivity contribution < 1.29 is 4.74 Å². The van der Waals surface area contributed by atoms with Crippen LogP contribution in [-0.2, 0) is 11.2 Å². The quantitative estimate of drug-likeness (QED) is 0.597. The van der Waals surface area contributed by atoms with E-state index in [1.54, 1.807) is 0 Å². The number of rotatable bonds is 5. The van der Waals surface area contributed by atoms with Gasteiger partial charge in [0, 0.05) is 24.6 Å². The summed E-state index contributed by atoms with van der Waals surface area (Å²) in [5.74, 6) is 1.40. The van der Waals surface area contributed by atoms with Gasteiger partial charge in [-0.15, -0.1) is 0 Å². The van der Waals surface area contributed by atoms with Gasteiger partial charge < -0.3 is 4.74 Å². The molecule has 0 spiro atoms. The zero-order chi connectivity index (χ0) is 12.1. The van der Waals surface area contributed by atoms with E-state index in [1.165, 1.54) is 25.7 Å². The van der Waals surface area contributed by atoms with E-state index in [0.29, 0.717) is 17.7 Å². The zero-order valence-electron chi connectivity index (χ0n) is 10.3. The molecule has 1 aromatic rings. The van der Waals surface area contributed by atoms with Gasteiger partial charge in [-0.1, -0.05) is 24.4 Å². The molecule has 4 heteroatoms. The summed E-state index contributed by atoms with van der Waals surface area (Å²) in [4.78, 5) is 8.86. The first kappa shape index (κ1) is 12.8. The molecule has 0 unspecified atom stereocenters. The Morgan fingerprint density at radius 2 is 2.12 bits per heavy atom. The van der Waals surface area contributed by atoms with Crippen LogP contribution >= 0.6 is 11.6 Å². The normalized spacial score (nSPS) is 16.6. The third kappa shape index (κ3) is 3.65. The lowest BCUT2D eigenvalue weighted by molar-refractivity contribution is 0.149. The second-order valence-electron chi connectivity index (χ2n) is 4.46. The highest BCUT2D eigenvalue weighted by Gasteiger charge is 2.19. The van der Waals surface area contributed by atoms with Crippen LogP contribution in [0.1, 0.15) is 50.0 Å². The van der Waals surface area contributed by atoms with Gasteiger partial charge in [0.05, 0.1) is 6.61 Å². The highest BCUT2D eigenvalue weighted by atomic mass is 35.5. The van der Waals surface area contributed by atoms with Gasteiger partial charge in [0.2, 0.25) is 0 Å². The SMILES string of the molecule is CCOCCc1nc(Cl)cc(C2CCCC2)n1. The molecule has 1 fully saturated rings. The summed E-state index contributed by atoms with van der Waals surface area (Å²) in [6.45, 7) is 3.39. The van der Waals surface area contributed by atoms with Crippen molar-refractivity contribution in [3.05, 3.63) is 22.7 Å². The second-order valence-corrected chi connectivity index (χ2v) is 4.85. The first-order valence-corrected chi connectivity index (χ1v) is 6.78. The van der Waals surface area contributed by atoms with Crippen LogP contribution in [0.3, 0.4) is 0 Å². The fourth-order valence-corrected chi connectivity index (χ4v) is 2.54. The molecule has 1 aliphatic rings. The second kappa shape index (κ2) is 6.31. The molecule has 1 heterocycles. The Kier molecular flexibility index (Phi) is 4.75. The van der Waals surface area contributed by atoms with E-state index in [2.05, 4.69) is 9.97 Å². The molecule has 0 aromatic carbocycles. The topological polar surface area (TPSA) is 35.0 Å². The van der Waals surface area contributed by atoms with E-state index in [1.807, 2.05) is 13.0 Å². The molecule has 1 aliphatic carbocycles. The molecule has 3 nitrogen and oxygen atoms in total. The maximum atomic E-state index is 6.05. The standard InChI is InChI=1S/C13H19ClN2O/c1-2-17-8-7-13-15-11(9-12(14)16-13)10-5-3-4-6-10/h9-10H,2-8H2,1H3. The fraction of sp³-hybridized carbons (Fsp3) is 0.692. The molecule has 0 saturated heterocycles. The zero-order valence-corrected chi connectivity index (χ0v) is 11.0. The van der Waals surface area contributed by atoms with Crippen LogP contribution in [0.25, 0.3) is 0 Å². The van der Waals surface area contributed by atoms with E-state index in [0.717, 1.165) is 24.5 Å². The number of ether oxygens (including phenoxy) is 1. The van der Waals surface area contributed by atoms with Crippen molar-refractivity contribution in [2.45, 2.75) is 44.9 Å². The molecule has 94 valence electrons. The minimum absolute atomic E-state index is 0.563. The first-order chi connectivity index (χ1) is 8.29. The van der Waals surface area contributed by atoms with Crippen LogP contribution < -0.4 is 0 Å². The molecule has 17 heavy (non-hydrogen) atoms. The van der Waals surface area contributed by atoms with Crippen molar-refractivity contribution in [2.24, 2.45) is 0 Å².